The molecule has 1 aromatic heterocycles. The highest BCUT2D eigenvalue weighted by atomic mass is 32.2. The Balaban J connectivity index is 2.26. The summed E-state index contributed by atoms with van der Waals surface area (Å²) in [5.74, 6) is -0.465. The third-order valence-corrected chi connectivity index (χ3v) is 4.26. The van der Waals surface area contributed by atoms with Crippen molar-refractivity contribution < 1.29 is 17.9 Å². The summed E-state index contributed by atoms with van der Waals surface area (Å²) in [7, 11) is -2.43. The van der Waals surface area contributed by atoms with E-state index in [0.29, 0.717) is 10.9 Å². The molecule has 0 radical (unpaired) electrons. The first-order valence-corrected chi connectivity index (χ1v) is 7.43. The number of rotatable bonds is 5. The normalized spacial score (nSPS) is 11.4. The molecule has 1 heterocycles. The van der Waals surface area contributed by atoms with Crippen molar-refractivity contribution in [2.24, 2.45) is 0 Å². The fourth-order valence-electron chi connectivity index (χ4n) is 1.78. The molecule has 0 aliphatic heterocycles. The monoisotopic (exact) mass is 294 g/mol. The van der Waals surface area contributed by atoms with Crippen LogP contribution in [0.1, 0.15) is 6.42 Å². The van der Waals surface area contributed by atoms with Crippen LogP contribution < -0.4 is 4.72 Å². The van der Waals surface area contributed by atoms with E-state index in [4.69, 9.17) is 0 Å². The minimum absolute atomic E-state index is 0.00828. The first-order chi connectivity index (χ1) is 9.54. The number of hydrogen-bond donors (Lipinski definition) is 1. The Bertz CT molecular complexity index is 723. The van der Waals surface area contributed by atoms with E-state index >= 15 is 0 Å². The molecule has 2 rings (SSSR count). The zero-order chi connectivity index (χ0) is 14.6. The van der Waals surface area contributed by atoms with E-state index in [0.717, 1.165) is 0 Å². The maximum absolute atomic E-state index is 12.2. The standard InChI is InChI=1S/C13H14N2O4S/c1-19-13(16)7-9-15-20(17,18)12-6-2-5-11-10(12)4-3-8-14-11/h2-6,8,15H,7,9H2,1H3. The van der Waals surface area contributed by atoms with Gasteiger partial charge in [0.2, 0.25) is 10.0 Å². The number of sulfonamides is 1. The van der Waals surface area contributed by atoms with Crippen molar-refractivity contribution >= 4 is 26.9 Å². The van der Waals surface area contributed by atoms with Crippen molar-refractivity contribution in [1.82, 2.24) is 9.71 Å². The van der Waals surface area contributed by atoms with Crippen LogP contribution in [-0.4, -0.2) is 33.0 Å². The van der Waals surface area contributed by atoms with Gasteiger partial charge in [-0.25, -0.2) is 13.1 Å². The number of benzene rings is 1. The SMILES string of the molecule is COC(=O)CCNS(=O)(=O)c1cccc2ncccc12. The molecule has 0 aliphatic carbocycles. The van der Waals surface area contributed by atoms with Gasteiger partial charge in [0, 0.05) is 18.1 Å². The molecule has 106 valence electrons. The van der Waals surface area contributed by atoms with Crippen molar-refractivity contribution in [2.45, 2.75) is 11.3 Å². The lowest BCUT2D eigenvalue weighted by Gasteiger charge is -2.08. The predicted molar refractivity (Wildman–Crippen MR) is 73.6 cm³/mol. The summed E-state index contributed by atoms with van der Waals surface area (Å²) in [6.45, 7) is -0.00828. The summed E-state index contributed by atoms with van der Waals surface area (Å²) in [5.41, 5.74) is 0.600. The van der Waals surface area contributed by atoms with Crippen molar-refractivity contribution in [3.05, 3.63) is 36.5 Å². The zero-order valence-electron chi connectivity index (χ0n) is 10.9. The molecule has 0 atom stereocenters. The number of methoxy groups -OCH3 is 1. The lowest BCUT2D eigenvalue weighted by molar-refractivity contribution is -0.140. The number of carbonyl (C=O) groups excluding carboxylic acids is 1. The number of esters is 1. The lowest BCUT2D eigenvalue weighted by atomic mass is 10.2. The number of nitrogens with zero attached hydrogens (tertiary/aromatic N) is 1. The van der Waals surface area contributed by atoms with Gasteiger partial charge in [0.1, 0.15) is 0 Å². The molecular formula is C13H14N2O4S. The second-order valence-electron chi connectivity index (χ2n) is 4.05. The van der Waals surface area contributed by atoms with Gasteiger partial charge in [-0.05, 0) is 24.3 Å². The van der Waals surface area contributed by atoms with Gasteiger partial charge in [-0.15, -0.1) is 0 Å². The Morgan fingerprint density at radius 2 is 2.10 bits per heavy atom. The van der Waals surface area contributed by atoms with E-state index in [9.17, 15) is 13.2 Å². The van der Waals surface area contributed by atoms with E-state index in [1.807, 2.05) is 0 Å². The molecule has 0 spiro atoms. The summed E-state index contributed by atoms with van der Waals surface area (Å²) in [6, 6.07) is 8.24. The molecule has 0 aliphatic rings. The fraction of sp³-hybridized carbons (Fsp3) is 0.231. The second kappa shape index (κ2) is 5.98. The summed E-state index contributed by atoms with van der Waals surface area (Å²) in [4.78, 5) is 15.2. The Hall–Kier alpha value is -1.99. The zero-order valence-corrected chi connectivity index (χ0v) is 11.7. The van der Waals surface area contributed by atoms with Gasteiger partial charge < -0.3 is 4.74 Å². The highest BCUT2D eigenvalue weighted by Gasteiger charge is 2.17. The maximum Gasteiger partial charge on any atom is 0.306 e. The van der Waals surface area contributed by atoms with Crippen LogP contribution in [0.5, 0.6) is 0 Å². The Morgan fingerprint density at radius 3 is 2.85 bits per heavy atom. The number of ether oxygens (including phenoxy) is 1. The molecule has 20 heavy (non-hydrogen) atoms. The molecule has 6 nitrogen and oxygen atoms in total. The van der Waals surface area contributed by atoms with Gasteiger partial charge in [-0.2, -0.15) is 0 Å². The summed E-state index contributed by atoms with van der Waals surface area (Å²) in [5, 5.41) is 0.542. The van der Waals surface area contributed by atoms with E-state index in [-0.39, 0.29) is 17.9 Å². The summed E-state index contributed by atoms with van der Waals surface area (Å²) in [6.07, 6.45) is 1.59. The van der Waals surface area contributed by atoms with Crippen molar-refractivity contribution in [2.75, 3.05) is 13.7 Å². The minimum atomic E-state index is -3.69. The van der Waals surface area contributed by atoms with Crippen LogP contribution in [0.2, 0.25) is 0 Å². The number of pyridine rings is 1. The third kappa shape index (κ3) is 3.12. The third-order valence-electron chi connectivity index (χ3n) is 2.74. The molecule has 0 amide bonds. The quantitative estimate of drug-likeness (QED) is 0.834. The molecule has 0 unspecified atom stereocenters. The van der Waals surface area contributed by atoms with Crippen LogP contribution in [-0.2, 0) is 19.6 Å². The van der Waals surface area contributed by atoms with Gasteiger partial charge in [0.05, 0.1) is 23.9 Å². The molecule has 1 aromatic carbocycles. The Morgan fingerprint density at radius 1 is 1.30 bits per heavy atom. The van der Waals surface area contributed by atoms with Crippen molar-refractivity contribution in [3.63, 3.8) is 0 Å². The fourth-order valence-corrected chi connectivity index (χ4v) is 3.02. The first kappa shape index (κ1) is 14.4. The Labute approximate surface area is 116 Å². The molecule has 1 N–H and O–H groups in total. The highest BCUT2D eigenvalue weighted by molar-refractivity contribution is 7.89. The molecule has 7 heteroatoms. The average Bonchev–Trinajstić information content (AvgIpc) is 2.46. The van der Waals surface area contributed by atoms with Crippen molar-refractivity contribution in [1.29, 1.82) is 0 Å². The smallest absolute Gasteiger partial charge is 0.306 e. The molecule has 0 bridgehead atoms. The average molecular weight is 294 g/mol. The van der Waals surface area contributed by atoms with Gasteiger partial charge in [-0.1, -0.05) is 6.07 Å². The largest absolute Gasteiger partial charge is 0.469 e. The topological polar surface area (TPSA) is 85.4 Å². The maximum atomic E-state index is 12.2. The van der Waals surface area contributed by atoms with E-state index in [1.54, 1.807) is 30.5 Å². The van der Waals surface area contributed by atoms with E-state index in [2.05, 4.69) is 14.4 Å². The van der Waals surface area contributed by atoms with Crippen LogP contribution in [0.3, 0.4) is 0 Å². The summed E-state index contributed by atoms with van der Waals surface area (Å²) < 4.78 is 31.3. The summed E-state index contributed by atoms with van der Waals surface area (Å²) >= 11 is 0. The first-order valence-electron chi connectivity index (χ1n) is 5.95. The van der Waals surface area contributed by atoms with Crippen LogP contribution in [0.25, 0.3) is 10.9 Å². The number of fused-ring (bicyclic) bond motifs is 1. The number of aromatic nitrogens is 1. The molecule has 0 saturated heterocycles. The van der Waals surface area contributed by atoms with Gasteiger partial charge in [0.15, 0.2) is 0 Å². The second-order valence-corrected chi connectivity index (χ2v) is 5.79. The van der Waals surface area contributed by atoms with Gasteiger partial charge in [-0.3, -0.25) is 9.78 Å². The number of hydrogen-bond acceptors (Lipinski definition) is 5. The predicted octanol–water partition coefficient (Wildman–Crippen LogP) is 1.08. The molecule has 2 aromatic rings. The highest BCUT2D eigenvalue weighted by Crippen LogP contribution is 2.20. The Kier molecular flexibility index (Phi) is 4.31. The van der Waals surface area contributed by atoms with E-state index in [1.165, 1.54) is 13.2 Å². The number of nitrogens with one attached hydrogen (secondary N) is 1. The van der Waals surface area contributed by atoms with E-state index < -0.39 is 16.0 Å². The van der Waals surface area contributed by atoms with Gasteiger partial charge >= 0.3 is 5.97 Å². The van der Waals surface area contributed by atoms with Crippen LogP contribution in [0, 0.1) is 0 Å². The lowest BCUT2D eigenvalue weighted by Crippen LogP contribution is -2.26. The molecule has 0 saturated carbocycles. The van der Waals surface area contributed by atoms with Crippen LogP contribution in [0.15, 0.2) is 41.4 Å². The van der Waals surface area contributed by atoms with Gasteiger partial charge in [0.25, 0.3) is 0 Å². The van der Waals surface area contributed by atoms with Crippen LogP contribution >= 0.6 is 0 Å². The van der Waals surface area contributed by atoms with Crippen molar-refractivity contribution in [3.8, 4) is 0 Å². The molecule has 0 fully saturated rings. The van der Waals surface area contributed by atoms with Crippen LogP contribution in [0.4, 0.5) is 0 Å². The number of carbonyl (C=O) groups is 1. The molecular weight excluding hydrogens is 280 g/mol. The minimum Gasteiger partial charge on any atom is -0.469 e.